The van der Waals surface area contributed by atoms with E-state index in [0.717, 1.165) is 11.3 Å². The molecule has 5 aromatic rings. The van der Waals surface area contributed by atoms with Crippen LogP contribution in [0, 0.1) is 6.92 Å². The highest BCUT2D eigenvalue weighted by atomic mass is 35.5. The van der Waals surface area contributed by atoms with Crippen LogP contribution in [0.15, 0.2) is 91.0 Å². The number of amides is 1. The minimum atomic E-state index is -0.495. The van der Waals surface area contributed by atoms with Gasteiger partial charge in [-0.2, -0.15) is 9.78 Å². The smallest absolute Gasteiger partial charge is 0.309 e. The van der Waals surface area contributed by atoms with E-state index in [1.165, 1.54) is 6.92 Å². The maximum Gasteiger partial charge on any atom is 0.309 e. The van der Waals surface area contributed by atoms with Gasteiger partial charge in [0.15, 0.2) is 0 Å². The first kappa shape index (κ1) is 28.4. The lowest BCUT2D eigenvalue weighted by molar-refractivity contribution is -0.132. The number of benzene rings is 4. The van der Waals surface area contributed by atoms with Crippen LogP contribution in [-0.4, -0.2) is 35.9 Å². The van der Waals surface area contributed by atoms with Gasteiger partial charge < -0.3 is 19.5 Å². The number of esters is 1. The second-order valence-electron chi connectivity index (χ2n) is 9.48. The number of hydrogen-bond donors (Lipinski definition) is 1. The Morgan fingerprint density at radius 2 is 1.62 bits per heavy atom. The number of aromatic nitrogens is 2. The first-order valence-electron chi connectivity index (χ1n) is 13.1. The van der Waals surface area contributed by atoms with E-state index in [9.17, 15) is 9.59 Å². The molecular weight excluding hydrogens is 554 g/mol. The van der Waals surface area contributed by atoms with Crippen LogP contribution in [0.5, 0.6) is 17.4 Å². The molecule has 1 aromatic heterocycles. The summed E-state index contributed by atoms with van der Waals surface area (Å²) in [7, 11) is 3.15. The van der Waals surface area contributed by atoms with Crippen LogP contribution in [0.2, 0.25) is 5.02 Å². The predicted octanol–water partition coefficient (Wildman–Crippen LogP) is 7.36. The Hall–Kier alpha value is -5.08. The van der Waals surface area contributed by atoms with Gasteiger partial charge in [-0.25, -0.2) is 0 Å². The fraction of sp³-hybridized carbons (Fsp3) is 0.121. The molecule has 0 fully saturated rings. The van der Waals surface area contributed by atoms with Gasteiger partial charge in [-0.1, -0.05) is 35.9 Å². The van der Waals surface area contributed by atoms with Crippen molar-refractivity contribution in [3.8, 4) is 45.5 Å². The van der Waals surface area contributed by atoms with Crippen LogP contribution in [-0.2, 0) is 4.79 Å². The van der Waals surface area contributed by atoms with E-state index in [-0.39, 0.29) is 11.8 Å². The Kier molecular flexibility index (Phi) is 8.26. The third kappa shape index (κ3) is 5.99. The van der Waals surface area contributed by atoms with E-state index < -0.39 is 5.97 Å². The van der Waals surface area contributed by atoms with Crippen molar-refractivity contribution in [2.45, 2.75) is 13.8 Å². The van der Waals surface area contributed by atoms with Gasteiger partial charge in [0.2, 0.25) is 5.88 Å². The standard InChI is InChI=1S/C33H28ClN3O5/c1-20-6-5-7-26(18-20)37-33(42-21(2)38)30(31(36-37)28-17-16-27(40-3)19-29(28)41-4)22-10-14-25(15-11-22)35-32(39)23-8-12-24(34)13-9-23/h5-19H,1-4H3,(H,35,39). The van der Waals surface area contributed by atoms with Gasteiger partial charge in [-0.05, 0) is 78.7 Å². The molecule has 5 rings (SSSR count). The van der Waals surface area contributed by atoms with Crippen molar-refractivity contribution in [1.82, 2.24) is 9.78 Å². The molecule has 0 radical (unpaired) electrons. The molecule has 212 valence electrons. The zero-order valence-corrected chi connectivity index (χ0v) is 24.2. The van der Waals surface area contributed by atoms with Crippen LogP contribution in [0.1, 0.15) is 22.8 Å². The molecule has 0 aliphatic carbocycles. The van der Waals surface area contributed by atoms with Crippen molar-refractivity contribution in [2.75, 3.05) is 19.5 Å². The monoisotopic (exact) mass is 581 g/mol. The van der Waals surface area contributed by atoms with Gasteiger partial charge in [0, 0.05) is 34.8 Å². The number of aryl methyl sites for hydroxylation is 1. The first-order chi connectivity index (χ1) is 20.3. The van der Waals surface area contributed by atoms with E-state index in [0.29, 0.717) is 50.2 Å². The Morgan fingerprint density at radius 3 is 2.26 bits per heavy atom. The number of ether oxygens (including phenoxy) is 3. The molecule has 1 N–H and O–H groups in total. The van der Waals surface area contributed by atoms with Crippen LogP contribution >= 0.6 is 11.6 Å². The normalized spacial score (nSPS) is 10.7. The zero-order chi connectivity index (χ0) is 29.8. The van der Waals surface area contributed by atoms with Crippen molar-refractivity contribution in [1.29, 1.82) is 0 Å². The van der Waals surface area contributed by atoms with E-state index in [1.54, 1.807) is 61.4 Å². The summed E-state index contributed by atoms with van der Waals surface area (Å²) in [6, 6.07) is 27.0. The lowest BCUT2D eigenvalue weighted by Crippen LogP contribution is -2.11. The topological polar surface area (TPSA) is 91.7 Å². The third-order valence-electron chi connectivity index (χ3n) is 6.53. The molecule has 0 spiro atoms. The minimum absolute atomic E-state index is 0.249. The van der Waals surface area contributed by atoms with Crippen LogP contribution in [0.3, 0.4) is 0 Å². The second-order valence-corrected chi connectivity index (χ2v) is 9.91. The molecule has 0 atom stereocenters. The number of rotatable bonds is 8. The summed E-state index contributed by atoms with van der Waals surface area (Å²) in [6.07, 6.45) is 0. The summed E-state index contributed by atoms with van der Waals surface area (Å²) >= 11 is 5.95. The van der Waals surface area contributed by atoms with E-state index in [2.05, 4.69) is 5.32 Å². The Bertz CT molecular complexity index is 1760. The predicted molar refractivity (Wildman–Crippen MR) is 163 cm³/mol. The highest BCUT2D eigenvalue weighted by molar-refractivity contribution is 6.30. The molecule has 42 heavy (non-hydrogen) atoms. The van der Waals surface area contributed by atoms with Gasteiger partial charge in [0.05, 0.1) is 25.5 Å². The van der Waals surface area contributed by atoms with Gasteiger partial charge >= 0.3 is 5.97 Å². The Balaban J connectivity index is 1.65. The summed E-state index contributed by atoms with van der Waals surface area (Å²) in [5, 5.41) is 8.39. The van der Waals surface area contributed by atoms with Crippen LogP contribution in [0.4, 0.5) is 5.69 Å². The summed E-state index contributed by atoms with van der Waals surface area (Å²) in [6.45, 7) is 3.32. The molecule has 0 unspecified atom stereocenters. The van der Waals surface area contributed by atoms with Gasteiger partial charge in [-0.15, -0.1) is 0 Å². The van der Waals surface area contributed by atoms with Crippen molar-refractivity contribution in [3.05, 3.63) is 107 Å². The highest BCUT2D eigenvalue weighted by Gasteiger charge is 2.26. The van der Waals surface area contributed by atoms with Crippen molar-refractivity contribution >= 4 is 29.2 Å². The van der Waals surface area contributed by atoms with Gasteiger partial charge in [0.1, 0.15) is 17.2 Å². The molecule has 0 saturated heterocycles. The second kappa shape index (κ2) is 12.2. The van der Waals surface area contributed by atoms with Crippen molar-refractivity contribution in [2.24, 2.45) is 0 Å². The minimum Gasteiger partial charge on any atom is -0.497 e. The van der Waals surface area contributed by atoms with Crippen molar-refractivity contribution in [3.63, 3.8) is 0 Å². The van der Waals surface area contributed by atoms with Crippen LogP contribution < -0.4 is 19.5 Å². The molecule has 4 aromatic carbocycles. The first-order valence-corrected chi connectivity index (χ1v) is 13.4. The number of carbonyl (C=O) groups is 2. The molecule has 0 aliphatic heterocycles. The van der Waals surface area contributed by atoms with Gasteiger partial charge in [0.25, 0.3) is 5.91 Å². The van der Waals surface area contributed by atoms with Crippen molar-refractivity contribution < 1.29 is 23.8 Å². The number of halogens is 1. The SMILES string of the molecule is COc1ccc(-c2nn(-c3cccc(C)c3)c(OC(C)=O)c2-c2ccc(NC(=O)c3ccc(Cl)cc3)cc2)c(OC)c1. The number of methoxy groups -OCH3 is 2. The zero-order valence-electron chi connectivity index (χ0n) is 23.5. The summed E-state index contributed by atoms with van der Waals surface area (Å²) < 4.78 is 18.5. The van der Waals surface area contributed by atoms with E-state index >= 15 is 0 Å². The number of hydrogen-bond acceptors (Lipinski definition) is 6. The van der Waals surface area contributed by atoms with E-state index in [4.69, 9.17) is 30.9 Å². The molecule has 0 aliphatic rings. The number of anilines is 1. The average molecular weight is 582 g/mol. The fourth-order valence-electron chi connectivity index (χ4n) is 4.54. The fourth-order valence-corrected chi connectivity index (χ4v) is 4.66. The summed E-state index contributed by atoms with van der Waals surface area (Å²) in [5.74, 6) is 0.641. The highest BCUT2D eigenvalue weighted by Crippen LogP contribution is 2.44. The maximum absolute atomic E-state index is 12.8. The molecular formula is C33H28ClN3O5. The van der Waals surface area contributed by atoms with Gasteiger partial charge in [-0.3, -0.25) is 9.59 Å². The Morgan fingerprint density at radius 1 is 0.881 bits per heavy atom. The molecule has 0 bridgehead atoms. The average Bonchev–Trinajstić information content (AvgIpc) is 3.35. The quantitative estimate of drug-likeness (QED) is 0.192. The third-order valence-corrected chi connectivity index (χ3v) is 6.78. The van der Waals surface area contributed by atoms with Crippen LogP contribution in [0.25, 0.3) is 28.1 Å². The number of nitrogens with zero attached hydrogens (tertiary/aromatic N) is 2. The molecule has 9 heteroatoms. The lowest BCUT2D eigenvalue weighted by atomic mass is 10.00. The molecule has 1 amide bonds. The molecule has 8 nitrogen and oxygen atoms in total. The number of nitrogens with one attached hydrogen (secondary N) is 1. The maximum atomic E-state index is 12.8. The molecule has 0 saturated carbocycles. The number of carbonyl (C=O) groups excluding carboxylic acids is 2. The Labute approximate surface area is 248 Å². The molecule has 1 heterocycles. The lowest BCUT2D eigenvalue weighted by Gasteiger charge is -2.12. The largest absolute Gasteiger partial charge is 0.497 e. The van der Waals surface area contributed by atoms with E-state index in [1.807, 2.05) is 55.5 Å². The summed E-state index contributed by atoms with van der Waals surface area (Å²) in [4.78, 5) is 25.1. The summed E-state index contributed by atoms with van der Waals surface area (Å²) in [5.41, 5.74) is 5.30.